The zero-order valence-corrected chi connectivity index (χ0v) is 13.1. The summed E-state index contributed by atoms with van der Waals surface area (Å²) in [5.41, 5.74) is 3.44. The first-order chi connectivity index (χ1) is 11.1. The molecule has 0 aliphatic carbocycles. The van der Waals surface area contributed by atoms with E-state index in [1.165, 1.54) is 12.1 Å². The average Bonchev–Trinajstić information content (AvgIpc) is 3.04. The normalized spacial score (nSPS) is 20.2. The number of rotatable bonds is 4. The lowest BCUT2D eigenvalue weighted by Gasteiger charge is -2.29. The van der Waals surface area contributed by atoms with E-state index in [1.54, 1.807) is 0 Å². The quantitative estimate of drug-likeness (QED) is 0.935. The van der Waals surface area contributed by atoms with E-state index in [1.807, 2.05) is 37.3 Å². The molecule has 118 valence electrons. The molecule has 0 radical (unpaired) electrons. The highest BCUT2D eigenvalue weighted by molar-refractivity contribution is 5.59. The molecule has 3 nitrogen and oxygen atoms in total. The van der Waals surface area contributed by atoms with Crippen molar-refractivity contribution in [3.8, 4) is 6.07 Å². The summed E-state index contributed by atoms with van der Waals surface area (Å²) in [6, 6.07) is 14.6. The van der Waals surface area contributed by atoms with Crippen LogP contribution in [0.5, 0.6) is 0 Å². The molecular formula is C19H19FN2O. The fraction of sp³-hybridized carbons (Fsp3) is 0.316. The van der Waals surface area contributed by atoms with E-state index in [2.05, 4.69) is 11.4 Å². The standard InChI is InChI=1S/C19H19FN2O/c1-14-2-3-15(11-21)18(10-14)22-12-19(8-9-23-13-19)16-4-6-17(20)7-5-16/h2-7,10,22H,8-9,12-13H2,1H3/t19-/m1/s1. The lowest BCUT2D eigenvalue weighted by molar-refractivity contribution is 0.179. The fourth-order valence-corrected chi connectivity index (χ4v) is 3.05. The second-order valence-electron chi connectivity index (χ2n) is 6.10. The number of hydrogen-bond donors (Lipinski definition) is 1. The molecule has 0 unspecified atom stereocenters. The smallest absolute Gasteiger partial charge is 0.123 e. The number of anilines is 1. The SMILES string of the molecule is Cc1ccc(C#N)c(NC[C@]2(c3ccc(F)cc3)CCOC2)c1. The molecule has 1 aliphatic rings. The minimum absolute atomic E-state index is 0.190. The van der Waals surface area contributed by atoms with Crippen LogP contribution in [0.1, 0.15) is 23.1 Å². The lowest BCUT2D eigenvalue weighted by atomic mass is 9.79. The van der Waals surface area contributed by atoms with Crippen molar-refractivity contribution in [3.05, 3.63) is 65.0 Å². The highest BCUT2D eigenvalue weighted by atomic mass is 19.1. The Morgan fingerprint density at radius 1 is 1.26 bits per heavy atom. The van der Waals surface area contributed by atoms with Gasteiger partial charge >= 0.3 is 0 Å². The van der Waals surface area contributed by atoms with E-state index in [4.69, 9.17) is 4.74 Å². The lowest BCUT2D eigenvalue weighted by Crippen LogP contribution is -2.35. The van der Waals surface area contributed by atoms with Crippen LogP contribution in [0.2, 0.25) is 0 Å². The summed E-state index contributed by atoms with van der Waals surface area (Å²) in [6.45, 7) is 3.94. The summed E-state index contributed by atoms with van der Waals surface area (Å²) < 4.78 is 18.8. The van der Waals surface area contributed by atoms with Crippen LogP contribution in [0.4, 0.5) is 10.1 Å². The van der Waals surface area contributed by atoms with E-state index in [0.717, 1.165) is 23.2 Å². The Kier molecular flexibility index (Phi) is 4.31. The Hall–Kier alpha value is -2.38. The molecule has 1 N–H and O–H groups in total. The maximum atomic E-state index is 13.2. The van der Waals surface area contributed by atoms with Crippen LogP contribution < -0.4 is 5.32 Å². The predicted molar refractivity (Wildman–Crippen MR) is 87.9 cm³/mol. The fourth-order valence-electron chi connectivity index (χ4n) is 3.05. The minimum Gasteiger partial charge on any atom is -0.383 e. The molecule has 0 aromatic heterocycles. The van der Waals surface area contributed by atoms with E-state index in [-0.39, 0.29) is 11.2 Å². The Bertz CT molecular complexity index is 728. The number of nitrogens with zero attached hydrogens (tertiary/aromatic N) is 1. The Labute approximate surface area is 135 Å². The van der Waals surface area contributed by atoms with E-state index < -0.39 is 0 Å². The van der Waals surface area contributed by atoms with Crippen LogP contribution in [0.25, 0.3) is 0 Å². The third kappa shape index (κ3) is 3.20. The predicted octanol–water partition coefficient (Wildman–Crippen LogP) is 3.78. The zero-order chi connectivity index (χ0) is 16.3. The highest BCUT2D eigenvalue weighted by Gasteiger charge is 2.36. The molecule has 1 aliphatic heterocycles. The Morgan fingerprint density at radius 2 is 2.04 bits per heavy atom. The van der Waals surface area contributed by atoms with Gasteiger partial charge in [0.1, 0.15) is 11.9 Å². The van der Waals surface area contributed by atoms with Crippen LogP contribution in [0.15, 0.2) is 42.5 Å². The summed E-state index contributed by atoms with van der Waals surface area (Å²) in [6.07, 6.45) is 0.874. The Balaban J connectivity index is 1.85. The highest BCUT2D eigenvalue weighted by Crippen LogP contribution is 2.34. The van der Waals surface area contributed by atoms with Crippen molar-refractivity contribution >= 4 is 5.69 Å². The molecule has 1 heterocycles. The molecule has 1 atom stereocenters. The van der Waals surface area contributed by atoms with Gasteiger partial charge in [0.15, 0.2) is 0 Å². The van der Waals surface area contributed by atoms with Gasteiger partial charge in [-0.1, -0.05) is 18.2 Å². The zero-order valence-electron chi connectivity index (χ0n) is 13.1. The molecule has 0 saturated carbocycles. The maximum absolute atomic E-state index is 13.2. The Morgan fingerprint density at radius 3 is 2.70 bits per heavy atom. The van der Waals surface area contributed by atoms with Crippen LogP contribution >= 0.6 is 0 Å². The molecule has 1 saturated heterocycles. The topological polar surface area (TPSA) is 45.0 Å². The van der Waals surface area contributed by atoms with Gasteiger partial charge in [0.2, 0.25) is 0 Å². The van der Waals surface area contributed by atoms with Crippen molar-refractivity contribution in [1.29, 1.82) is 5.26 Å². The second kappa shape index (κ2) is 6.39. The third-order valence-corrected chi connectivity index (χ3v) is 4.47. The summed E-state index contributed by atoms with van der Waals surface area (Å²) in [5.74, 6) is -0.235. The van der Waals surface area contributed by atoms with Crippen molar-refractivity contribution in [2.75, 3.05) is 25.1 Å². The van der Waals surface area contributed by atoms with Gasteiger partial charge in [-0.05, 0) is 48.7 Å². The van der Waals surface area contributed by atoms with Crippen molar-refractivity contribution in [2.24, 2.45) is 0 Å². The van der Waals surface area contributed by atoms with Gasteiger partial charge in [-0.2, -0.15) is 5.26 Å². The number of ether oxygens (including phenoxy) is 1. The molecule has 1 fully saturated rings. The summed E-state index contributed by atoms with van der Waals surface area (Å²) >= 11 is 0. The van der Waals surface area contributed by atoms with Gasteiger partial charge in [0.05, 0.1) is 17.9 Å². The van der Waals surface area contributed by atoms with Gasteiger partial charge in [0.25, 0.3) is 0 Å². The summed E-state index contributed by atoms with van der Waals surface area (Å²) in [7, 11) is 0. The van der Waals surface area contributed by atoms with Gasteiger partial charge in [-0.3, -0.25) is 0 Å². The molecule has 3 rings (SSSR count). The van der Waals surface area contributed by atoms with Crippen LogP contribution in [-0.2, 0) is 10.2 Å². The van der Waals surface area contributed by atoms with E-state index in [0.29, 0.717) is 25.3 Å². The molecule has 0 spiro atoms. The molecule has 0 amide bonds. The summed E-state index contributed by atoms with van der Waals surface area (Å²) in [5, 5.41) is 12.7. The first-order valence-corrected chi connectivity index (χ1v) is 7.71. The minimum atomic E-state index is -0.235. The van der Waals surface area contributed by atoms with Gasteiger partial charge < -0.3 is 10.1 Å². The monoisotopic (exact) mass is 310 g/mol. The first kappa shape index (κ1) is 15.5. The number of nitriles is 1. The molecular weight excluding hydrogens is 291 g/mol. The van der Waals surface area contributed by atoms with E-state index in [9.17, 15) is 9.65 Å². The van der Waals surface area contributed by atoms with Gasteiger partial charge in [-0.15, -0.1) is 0 Å². The second-order valence-corrected chi connectivity index (χ2v) is 6.10. The van der Waals surface area contributed by atoms with Crippen molar-refractivity contribution in [2.45, 2.75) is 18.8 Å². The number of halogens is 1. The van der Waals surface area contributed by atoms with Crippen molar-refractivity contribution < 1.29 is 9.13 Å². The van der Waals surface area contributed by atoms with Crippen LogP contribution in [-0.4, -0.2) is 19.8 Å². The molecule has 4 heteroatoms. The van der Waals surface area contributed by atoms with E-state index >= 15 is 0 Å². The molecule has 2 aromatic rings. The van der Waals surface area contributed by atoms with Gasteiger partial charge in [-0.25, -0.2) is 4.39 Å². The number of hydrogen-bond acceptors (Lipinski definition) is 3. The summed E-state index contributed by atoms with van der Waals surface area (Å²) in [4.78, 5) is 0. The third-order valence-electron chi connectivity index (χ3n) is 4.47. The van der Waals surface area contributed by atoms with Crippen LogP contribution in [0.3, 0.4) is 0 Å². The van der Waals surface area contributed by atoms with Gasteiger partial charge in [0, 0.05) is 18.6 Å². The molecule has 23 heavy (non-hydrogen) atoms. The maximum Gasteiger partial charge on any atom is 0.123 e. The van der Waals surface area contributed by atoms with Crippen molar-refractivity contribution in [3.63, 3.8) is 0 Å². The van der Waals surface area contributed by atoms with Crippen LogP contribution in [0, 0.1) is 24.1 Å². The molecule has 0 bridgehead atoms. The number of nitrogens with one attached hydrogen (secondary N) is 1. The first-order valence-electron chi connectivity index (χ1n) is 7.71. The average molecular weight is 310 g/mol. The number of aryl methyl sites for hydroxylation is 1. The van der Waals surface area contributed by atoms with Crippen molar-refractivity contribution in [1.82, 2.24) is 0 Å². The number of benzene rings is 2. The largest absolute Gasteiger partial charge is 0.383 e. The molecule has 2 aromatic carbocycles.